The zero-order valence-corrected chi connectivity index (χ0v) is 23.7. The van der Waals surface area contributed by atoms with Gasteiger partial charge in [0.15, 0.2) is 0 Å². The molecule has 0 radical (unpaired) electrons. The van der Waals surface area contributed by atoms with Crippen molar-refractivity contribution in [3.05, 3.63) is 0 Å². The molecule has 5 rings (SSSR count). The van der Waals surface area contributed by atoms with Gasteiger partial charge in [0.1, 0.15) is 5.60 Å². The summed E-state index contributed by atoms with van der Waals surface area (Å²) in [6.45, 7) is 22.1. The van der Waals surface area contributed by atoms with Gasteiger partial charge < -0.3 is 9.47 Å². The highest BCUT2D eigenvalue weighted by Crippen LogP contribution is 2.73. The predicted octanol–water partition coefficient (Wildman–Crippen LogP) is 8.10. The van der Waals surface area contributed by atoms with Crippen LogP contribution in [0.1, 0.15) is 133 Å². The molecule has 0 bridgehead atoms. The number of esters is 1. The second-order valence-electron chi connectivity index (χ2n) is 15.6. The Morgan fingerprint density at radius 3 is 2.03 bits per heavy atom. The molecule has 2 saturated heterocycles. The lowest BCUT2D eigenvalue weighted by atomic mass is 9.38. The number of rotatable bonds is 0. The second kappa shape index (κ2) is 7.26. The lowest BCUT2D eigenvalue weighted by Gasteiger charge is -2.68. The van der Waals surface area contributed by atoms with E-state index in [0.29, 0.717) is 40.4 Å². The van der Waals surface area contributed by atoms with Gasteiger partial charge in [-0.1, -0.05) is 41.0 Å². The Hall–Kier alpha value is -0.570. The van der Waals surface area contributed by atoms with Crippen molar-refractivity contribution in [2.75, 3.05) is 0 Å². The van der Waals surface area contributed by atoms with Crippen molar-refractivity contribution >= 4 is 5.97 Å². The summed E-state index contributed by atoms with van der Waals surface area (Å²) >= 11 is 0. The maximum atomic E-state index is 12.6. The van der Waals surface area contributed by atoms with Gasteiger partial charge in [-0.15, -0.1) is 0 Å². The first-order chi connectivity index (χ1) is 15.5. The molecule has 0 aromatic carbocycles. The van der Waals surface area contributed by atoms with E-state index in [4.69, 9.17) is 9.47 Å². The van der Waals surface area contributed by atoms with Gasteiger partial charge in [-0.05, 0) is 119 Å². The highest BCUT2D eigenvalue weighted by atomic mass is 16.6. The monoisotopic (exact) mass is 472 g/mol. The topological polar surface area (TPSA) is 35.5 Å². The minimum atomic E-state index is -0.398. The maximum Gasteiger partial charge on any atom is 0.306 e. The van der Waals surface area contributed by atoms with Crippen molar-refractivity contribution < 1.29 is 14.3 Å². The fourth-order valence-electron chi connectivity index (χ4n) is 11.3. The molecule has 0 N–H and O–H groups in total. The van der Waals surface area contributed by atoms with E-state index in [1.54, 1.807) is 0 Å². The van der Waals surface area contributed by atoms with Crippen molar-refractivity contribution in [2.24, 2.45) is 39.4 Å². The van der Waals surface area contributed by atoms with E-state index in [9.17, 15) is 4.79 Å². The van der Waals surface area contributed by atoms with Crippen LogP contribution in [0, 0.1) is 39.4 Å². The zero-order valence-electron chi connectivity index (χ0n) is 23.7. The van der Waals surface area contributed by atoms with Gasteiger partial charge in [-0.3, -0.25) is 4.79 Å². The molecule has 3 saturated carbocycles. The molecule has 0 amide bonds. The van der Waals surface area contributed by atoms with Crippen LogP contribution in [0.3, 0.4) is 0 Å². The molecule has 3 nitrogen and oxygen atoms in total. The van der Waals surface area contributed by atoms with Crippen molar-refractivity contribution in [1.29, 1.82) is 0 Å². The van der Waals surface area contributed by atoms with Gasteiger partial charge in [-0.2, -0.15) is 0 Å². The SMILES string of the molecule is CC1(C)OC(=O)CC[C@@]2(C)C1CC[C@@]1(C)O[C@]3(C)CC[C@@]4(C)C(C)(C)CCC[C@]4(C)C3CCC21. The zero-order chi connectivity index (χ0) is 25.0. The lowest BCUT2D eigenvalue weighted by Crippen LogP contribution is -2.65. The molecule has 0 spiro atoms. The van der Waals surface area contributed by atoms with Gasteiger partial charge in [0.05, 0.1) is 11.2 Å². The van der Waals surface area contributed by atoms with Crippen LogP contribution in [0.5, 0.6) is 0 Å². The fraction of sp³-hybridized carbons (Fsp3) is 0.968. The van der Waals surface area contributed by atoms with Crippen molar-refractivity contribution in [3.8, 4) is 0 Å². The van der Waals surface area contributed by atoms with E-state index in [-0.39, 0.29) is 22.6 Å². The average molecular weight is 473 g/mol. The summed E-state index contributed by atoms with van der Waals surface area (Å²) in [5.74, 6) is 1.46. The quantitative estimate of drug-likeness (QED) is 0.334. The van der Waals surface area contributed by atoms with Crippen molar-refractivity contribution in [1.82, 2.24) is 0 Å². The molecule has 34 heavy (non-hydrogen) atoms. The number of cyclic esters (lactones) is 1. The number of carbonyl (C=O) groups is 1. The number of fused-ring (bicyclic) bond motifs is 6. The molecule has 0 aromatic heterocycles. The number of ether oxygens (including phenoxy) is 2. The molecule has 194 valence electrons. The molecule has 5 aliphatic rings. The third-order valence-electron chi connectivity index (χ3n) is 13.4. The Balaban J connectivity index is 1.56. The van der Waals surface area contributed by atoms with Gasteiger partial charge in [0.25, 0.3) is 0 Å². The largest absolute Gasteiger partial charge is 0.459 e. The van der Waals surface area contributed by atoms with Gasteiger partial charge in [0, 0.05) is 12.3 Å². The second-order valence-corrected chi connectivity index (χ2v) is 15.6. The maximum absolute atomic E-state index is 12.6. The molecule has 3 heteroatoms. The Labute approximate surface area is 209 Å². The van der Waals surface area contributed by atoms with Crippen LogP contribution >= 0.6 is 0 Å². The van der Waals surface area contributed by atoms with Crippen molar-refractivity contribution in [2.45, 2.75) is 150 Å². The van der Waals surface area contributed by atoms with Crippen LogP contribution in [0.2, 0.25) is 0 Å². The first kappa shape index (κ1) is 25.1. The minimum Gasteiger partial charge on any atom is -0.459 e. The highest BCUT2D eigenvalue weighted by molar-refractivity contribution is 5.70. The van der Waals surface area contributed by atoms with E-state index >= 15 is 0 Å². The summed E-state index contributed by atoms with van der Waals surface area (Å²) in [4.78, 5) is 12.6. The van der Waals surface area contributed by atoms with Crippen LogP contribution in [0.15, 0.2) is 0 Å². The Morgan fingerprint density at radius 2 is 1.32 bits per heavy atom. The molecule has 3 aliphatic carbocycles. The minimum absolute atomic E-state index is 0.00906. The van der Waals surface area contributed by atoms with Crippen LogP contribution in [-0.2, 0) is 14.3 Å². The molecule has 8 atom stereocenters. The average Bonchev–Trinajstić information content (AvgIpc) is 2.88. The van der Waals surface area contributed by atoms with Gasteiger partial charge in [0.2, 0.25) is 0 Å². The van der Waals surface area contributed by atoms with E-state index in [2.05, 4.69) is 62.3 Å². The number of hydrogen-bond donors (Lipinski definition) is 0. The van der Waals surface area contributed by atoms with E-state index in [0.717, 1.165) is 19.3 Å². The summed E-state index contributed by atoms with van der Waals surface area (Å²) in [5.41, 5.74) is 0.553. The van der Waals surface area contributed by atoms with E-state index < -0.39 is 5.60 Å². The normalized spacial score (nSPS) is 54.3. The molecule has 2 aliphatic heterocycles. The summed E-state index contributed by atoms with van der Waals surface area (Å²) in [6.07, 6.45) is 12.6. The number of carbonyl (C=O) groups excluding carboxylic acids is 1. The summed E-state index contributed by atoms with van der Waals surface area (Å²) in [6, 6.07) is 0. The van der Waals surface area contributed by atoms with Crippen LogP contribution < -0.4 is 0 Å². The molecular formula is C31H52O3. The highest BCUT2D eigenvalue weighted by Gasteiger charge is 2.69. The van der Waals surface area contributed by atoms with Crippen LogP contribution in [0.25, 0.3) is 0 Å². The summed E-state index contributed by atoms with van der Waals surface area (Å²) in [7, 11) is 0. The first-order valence-electron chi connectivity index (χ1n) is 14.5. The van der Waals surface area contributed by atoms with Crippen LogP contribution in [-0.4, -0.2) is 22.8 Å². The lowest BCUT2D eigenvalue weighted by molar-refractivity contribution is -0.276. The van der Waals surface area contributed by atoms with Gasteiger partial charge >= 0.3 is 5.97 Å². The third-order valence-corrected chi connectivity index (χ3v) is 13.4. The Morgan fingerprint density at radius 1 is 0.676 bits per heavy atom. The standard InChI is InChI=1S/C31H52O3/c1-25(2)15-10-16-28(6)23-12-11-22-27(5)17-14-24(32)33-26(3,4)21(27)13-18-29(22,7)34-30(23,8)19-20-31(25,28)9/h21-23H,10-20H2,1-9H3/t21?,22?,23?,27-,28+,29+,30+,31-/m0/s1. The van der Waals surface area contributed by atoms with Crippen molar-refractivity contribution in [3.63, 3.8) is 0 Å². The Kier molecular flexibility index (Phi) is 5.36. The third kappa shape index (κ3) is 3.13. The van der Waals surface area contributed by atoms with Crippen LogP contribution in [0.4, 0.5) is 0 Å². The summed E-state index contributed by atoms with van der Waals surface area (Å²) in [5, 5.41) is 0. The fourth-order valence-corrected chi connectivity index (χ4v) is 11.3. The molecular weight excluding hydrogens is 420 g/mol. The first-order valence-corrected chi connectivity index (χ1v) is 14.5. The summed E-state index contributed by atoms with van der Waals surface area (Å²) < 4.78 is 13.6. The smallest absolute Gasteiger partial charge is 0.306 e. The molecule has 5 fully saturated rings. The Bertz CT molecular complexity index is 861. The van der Waals surface area contributed by atoms with E-state index in [1.807, 2.05) is 0 Å². The van der Waals surface area contributed by atoms with Gasteiger partial charge in [-0.25, -0.2) is 0 Å². The number of hydrogen-bond acceptors (Lipinski definition) is 3. The molecule has 3 unspecified atom stereocenters. The predicted molar refractivity (Wildman–Crippen MR) is 137 cm³/mol. The molecule has 2 heterocycles. The van der Waals surface area contributed by atoms with E-state index in [1.165, 1.54) is 44.9 Å². The molecule has 0 aromatic rings.